The molecule has 78 valence electrons. The van der Waals surface area contributed by atoms with E-state index in [1.165, 1.54) is 0 Å². The van der Waals surface area contributed by atoms with E-state index in [-0.39, 0.29) is 5.75 Å². The Balaban J connectivity index is 2.79. The van der Waals surface area contributed by atoms with Gasteiger partial charge < -0.3 is 4.18 Å². The first-order valence-corrected chi connectivity index (χ1v) is 6.16. The Morgan fingerprint density at radius 2 is 1.71 bits per heavy atom. The summed E-state index contributed by atoms with van der Waals surface area (Å²) in [5.41, 5.74) is 1.16. The quantitative estimate of drug-likeness (QED) is 0.720. The van der Waals surface area contributed by atoms with E-state index in [0.29, 0.717) is 5.75 Å². The van der Waals surface area contributed by atoms with Crippen LogP contribution < -0.4 is 4.18 Å². The summed E-state index contributed by atoms with van der Waals surface area (Å²) in [5, 5.41) is 0. The van der Waals surface area contributed by atoms with Gasteiger partial charge in [0.05, 0.1) is 5.75 Å². The van der Waals surface area contributed by atoms with Crippen LogP contribution in [0, 0.1) is 0 Å². The highest BCUT2D eigenvalue weighted by Gasteiger charge is 2.08. The van der Waals surface area contributed by atoms with Gasteiger partial charge in [-0.2, -0.15) is 8.42 Å². The SMILES string of the molecule is CCc1ccc(OS(=O)(=O)CC)cc1. The Hall–Kier alpha value is -1.03. The lowest BCUT2D eigenvalue weighted by Gasteiger charge is -2.04. The molecule has 0 atom stereocenters. The Kier molecular flexibility index (Phi) is 3.52. The number of benzene rings is 1. The van der Waals surface area contributed by atoms with Crippen molar-refractivity contribution in [1.29, 1.82) is 0 Å². The minimum absolute atomic E-state index is 0.0114. The normalized spacial score (nSPS) is 11.3. The van der Waals surface area contributed by atoms with E-state index in [1.807, 2.05) is 19.1 Å². The van der Waals surface area contributed by atoms with E-state index < -0.39 is 10.1 Å². The zero-order valence-electron chi connectivity index (χ0n) is 8.36. The summed E-state index contributed by atoms with van der Waals surface area (Å²) in [6.07, 6.45) is 0.931. The maximum absolute atomic E-state index is 11.1. The summed E-state index contributed by atoms with van der Waals surface area (Å²) in [7, 11) is -3.39. The van der Waals surface area contributed by atoms with Crippen molar-refractivity contribution in [3.05, 3.63) is 29.8 Å². The van der Waals surface area contributed by atoms with Gasteiger partial charge in [0.2, 0.25) is 0 Å². The standard InChI is InChI=1S/C10H14O3S/c1-3-9-5-7-10(8-6-9)13-14(11,12)4-2/h5-8H,3-4H2,1-2H3. The van der Waals surface area contributed by atoms with Crippen LogP contribution in [-0.2, 0) is 16.5 Å². The average Bonchev–Trinajstić information content (AvgIpc) is 2.19. The highest BCUT2D eigenvalue weighted by Crippen LogP contribution is 2.14. The van der Waals surface area contributed by atoms with E-state index in [4.69, 9.17) is 4.18 Å². The van der Waals surface area contributed by atoms with E-state index in [1.54, 1.807) is 19.1 Å². The molecule has 0 aliphatic rings. The molecule has 0 radical (unpaired) electrons. The summed E-state index contributed by atoms with van der Waals surface area (Å²) in [5.74, 6) is 0.367. The van der Waals surface area contributed by atoms with Crippen molar-refractivity contribution in [1.82, 2.24) is 0 Å². The highest BCUT2D eigenvalue weighted by atomic mass is 32.2. The van der Waals surface area contributed by atoms with Crippen LogP contribution in [0.4, 0.5) is 0 Å². The molecule has 3 nitrogen and oxygen atoms in total. The van der Waals surface area contributed by atoms with Gasteiger partial charge in [0.25, 0.3) is 0 Å². The van der Waals surface area contributed by atoms with Crippen LogP contribution in [0.1, 0.15) is 19.4 Å². The van der Waals surface area contributed by atoms with Crippen LogP contribution in [0.3, 0.4) is 0 Å². The molecule has 0 saturated heterocycles. The second kappa shape index (κ2) is 4.46. The molecule has 0 aliphatic carbocycles. The molecule has 0 heterocycles. The van der Waals surface area contributed by atoms with Gasteiger partial charge in [0.15, 0.2) is 0 Å². The number of rotatable bonds is 4. The summed E-state index contributed by atoms with van der Waals surface area (Å²) in [6, 6.07) is 7.07. The fraction of sp³-hybridized carbons (Fsp3) is 0.400. The maximum atomic E-state index is 11.1. The van der Waals surface area contributed by atoms with Gasteiger partial charge in [0, 0.05) is 0 Å². The summed E-state index contributed by atoms with van der Waals surface area (Å²) >= 11 is 0. The number of aryl methyl sites for hydroxylation is 1. The Labute approximate surface area is 84.8 Å². The molecule has 1 aromatic carbocycles. The van der Waals surface area contributed by atoms with E-state index >= 15 is 0 Å². The maximum Gasteiger partial charge on any atom is 0.308 e. The fourth-order valence-corrected chi connectivity index (χ4v) is 1.51. The van der Waals surface area contributed by atoms with Gasteiger partial charge in [0.1, 0.15) is 5.75 Å². The fourth-order valence-electron chi connectivity index (χ4n) is 0.986. The smallest absolute Gasteiger partial charge is 0.308 e. The molecule has 0 spiro atoms. The van der Waals surface area contributed by atoms with Crippen LogP contribution in [-0.4, -0.2) is 14.2 Å². The average molecular weight is 214 g/mol. The molecular weight excluding hydrogens is 200 g/mol. The molecule has 0 aromatic heterocycles. The van der Waals surface area contributed by atoms with Crippen LogP contribution in [0.5, 0.6) is 5.75 Å². The van der Waals surface area contributed by atoms with Crippen molar-refractivity contribution in [2.45, 2.75) is 20.3 Å². The van der Waals surface area contributed by atoms with E-state index in [2.05, 4.69) is 0 Å². The van der Waals surface area contributed by atoms with Gasteiger partial charge in [-0.05, 0) is 31.0 Å². The third-order valence-electron chi connectivity index (χ3n) is 1.91. The van der Waals surface area contributed by atoms with Gasteiger partial charge >= 0.3 is 10.1 Å². The molecule has 0 aliphatic heterocycles. The topological polar surface area (TPSA) is 43.4 Å². The molecule has 14 heavy (non-hydrogen) atoms. The van der Waals surface area contributed by atoms with Crippen LogP contribution in [0.15, 0.2) is 24.3 Å². The first-order valence-electron chi connectivity index (χ1n) is 4.58. The van der Waals surface area contributed by atoms with Gasteiger partial charge in [-0.1, -0.05) is 19.1 Å². The molecule has 0 fully saturated rings. The van der Waals surface area contributed by atoms with Crippen molar-refractivity contribution < 1.29 is 12.6 Å². The second-order valence-electron chi connectivity index (χ2n) is 2.93. The number of hydrogen-bond acceptors (Lipinski definition) is 3. The molecule has 1 rings (SSSR count). The molecule has 0 saturated carbocycles. The largest absolute Gasteiger partial charge is 0.382 e. The summed E-state index contributed by atoms with van der Waals surface area (Å²) in [4.78, 5) is 0. The van der Waals surface area contributed by atoms with Gasteiger partial charge in [-0.3, -0.25) is 0 Å². The lowest BCUT2D eigenvalue weighted by Crippen LogP contribution is -2.11. The van der Waals surface area contributed by atoms with Gasteiger partial charge in [-0.15, -0.1) is 0 Å². The van der Waals surface area contributed by atoms with Crippen molar-refractivity contribution >= 4 is 10.1 Å². The Bertz CT molecular complexity index is 378. The van der Waals surface area contributed by atoms with Crippen molar-refractivity contribution in [2.75, 3.05) is 5.75 Å². The minimum atomic E-state index is -3.39. The predicted molar refractivity (Wildman–Crippen MR) is 55.9 cm³/mol. The van der Waals surface area contributed by atoms with Crippen molar-refractivity contribution in [3.8, 4) is 5.75 Å². The van der Waals surface area contributed by atoms with E-state index in [9.17, 15) is 8.42 Å². The van der Waals surface area contributed by atoms with Crippen molar-refractivity contribution in [2.24, 2.45) is 0 Å². The third-order valence-corrected chi connectivity index (χ3v) is 3.06. The predicted octanol–water partition coefficient (Wildman–Crippen LogP) is 1.98. The molecule has 4 heteroatoms. The Morgan fingerprint density at radius 3 is 2.14 bits per heavy atom. The molecular formula is C10H14O3S. The zero-order chi connectivity index (χ0) is 10.6. The van der Waals surface area contributed by atoms with Crippen LogP contribution in [0.25, 0.3) is 0 Å². The van der Waals surface area contributed by atoms with Crippen LogP contribution in [0.2, 0.25) is 0 Å². The molecule has 1 aromatic rings. The monoisotopic (exact) mass is 214 g/mol. The van der Waals surface area contributed by atoms with Crippen molar-refractivity contribution in [3.63, 3.8) is 0 Å². The summed E-state index contributed by atoms with van der Waals surface area (Å²) in [6.45, 7) is 3.59. The van der Waals surface area contributed by atoms with Crippen LogP contribution >= 0.6 is 0 Å². The molecule has 0 unspecified atom stereocenters. The lowest BCUT2D eigenvalue weighted by atomic mass is 10.2. The molecule has 0 amide bonds. The Morgan fingerprint density at radius 1 is 1.14 bits per heavy atom. The van der Waals surface area contributed by atoms with Gasteiger partial charge in [-0.25, -0.2) is 0 Å². The first-order chi connectivity index (χ1) is 6.57. The summed E-state index contributed by atoms with van der Waals surface area (Å²) < 4.78 is 27.0. The third kappa shape index (κ3) is 3.03. The minimum Gasteiger partial charge on any atom is -0.382 e. The molecule has 0 bridgehead atoms. The highest BCUT2D eigenvalue weighted by molar-refractivity contribution is 7.87. The van der Waals surface area contributed by atoms with E-state index in [0.717, 1.165) is 12.0 Å². The lowest BCUT2D eigenvalue weighted by molar-refractivity contribution is 0.487. The molecule has 0 N–H and O–H groups in total. The zero-order valence-corrected chi connectivity index (χ0v) is 9.17. The first kappa shape index (κ1) is 11.0. The second-order valence-corrected chi connectivity index (χ2v) is 4.79. The number of hydrogen-bond donors (Lipinski definition) is 0.